The smallest absolute Gasteiger partial charge is 0.228 e. The lowest BCUT2D eigenvalue weighted by molar-refractivity contribution is -0.133. The van der Waals surface area contributed by atoms with Gasteiger partial charge in [0.2, 0.25) is 23.4 Å². The van der Waals surface area contributed by atoms with Gasteiger partial charge in [-0.05, 0) is 37.5 Å². The van der Waals surface area contributed by atoms with Crippen LogP contribution in [-0.4, -0.2) is 54.9 Å². The van der Waals surface area contributed by atoms with Gasteiger partial charge in [0.25, 0.3) is 0 Å². The van der Waals surface area contributed by atoms with Crippen LogP contribution in [0.3, 0.4) is 0 Å². The first-order valence-corrected chi connectivity index (χ1v) is 11.5. The molecule has 2 aromatic carbocycles. The van der Waals surface area contributed by atoms with E-state index in [0.29, 0.717) is 53.9 Å². The Morgan fingerprint density at radius 1 is 1.03 bits per heavy atom. The molecule has 0 saturated carbocycles. The number of hydrogen-bond donors (Lipinski definition) is 0. The Bertz CT molecular complexity index is 1040. The topological polar surface area (TPSA) is 86.9 Å². The van der Waals surface area contributed by atoms with E-state index in [9.17, 15) is 4.79 Å². The van der Waals surface area contributed by atoms with Gasteiger partial charge in [-0.15, -0.1) is 0 Å². The summed E-state index contributed by atoms with van der Waals surface area (Å²) >= 11 is 0. The molecule has 0 unspecified atom stereocenters. The van der Waals surface area contributed by atoms with Crippen LogP contribution in [0.5, 0.6) is 17.2 Å². The molecular formula is C26H33N3O5. The summed E-state index contributed by atoms with van der Waals surface area (Å²) in [6.45, 7) is 4.66. The van der Waals surface area contributed by atoms with Crippen molar-refractivity contribution in [3.8, 4) is 28.6 Å². The van der Waals surface area contributed by atoms with Crippen LogP contribution >= 0.6 is 0 Å². The minimum atomic E-state index is 0.126. The van der Waals surface area contributed by atoms with Crippen molar-refractivity contribution in [3.63, 3.8) is 0 Å². The molecule has 3 rings (SSSR count). The Kier molecular flexibility index (Phi) is 8.90. The normalized spacial score (nSPS) is 11.7. The van der Waals surface area contributed by atoms with Crippen LogP contribution in [0.25, 0.3) is 11.4 Å². The molecule has 0 aliphatic carbocycles. The molecule has 0 radical (unpaired) electrons. The molecule has 182 valence electrons. The van der Waals surface area contributed by atoms with Gasteiger partial charge in [0.05, 0.1) is 21.3 Å². The first-order valence-electron chi connectivity index (χ1n) is 11.5. The van der Waals surface area contributed by atoms with Crippen molar-refractivity contribution in [2.75, 3.05) is 27.9 Å². The van der Waals surface area contributed by atoms with Gasteiger partial charge >= 0.3 is 0 Å². The number of aromatic nitrogens is 2. The van der Waals surface area contributed by atoms with Crippen molar-refractivity contribution in [3.05, 3.63) is 53.9 Å². The lowest BCUT2D eigenvalue weighted by atomic mass is 10.1. The summed E-state index contributed by atoms with van der Waals surface area (Å²) in [6, 6.07) is 13.7. The number of nitrogens with zero attached hydrogens (tertiary/aromatic N) is 3. The molecule has 0 fully saturated rings. The maximum atomic E-state index is 13.0. The molecule has 1 aromatic heterocycles. The van der Waals surface area contributed by atoms with E-state index in [2.05, 4.69) is 24.0 Å². The summed E-state index contributed by atoms with van der Waals surface area (Å²) in [5.74, 6) is 2.52. The highest BCUT2D eigenvalue weighted by Crippen LogP contribution is 2.40. The zero-order chi connectivity index (χ0) is 24.5. The van der Waals surface area contributed by atoms with Gasteiger partial charge in [-0.25, -0.2) is 0 Å². The summed E-state index contributed by atoms with van der Waals surface area (Å²) in [5.41, 5.74) is 1.84. The monoisotopic (exact) mass is 467 g/mol. The highest BCUT2D eigenvalue weighted by atomic mass is 16.5. The predicted molar refractivity (Wildman–Crippen MR) is 129 cm³/mol. The van der Waals surface area contributed by atoms with Crippen molar-refractivity contribution < 1.29 is 23.5 Å². The predicted octanol–water partition coefficient (Wildman–Crippen LogP) is 4.56. The molecule has 3 aromatic rings. The average Bonchev–Trinajstić information content (AvgIpc) is 3.36. The number of hydrogen-bond acceptors (Lipinski definition) is 7. The van der Waals surface area contributed by atoms with Gasteiger partial charge in [-0.2, -0.15) is 4.98 Å². The fourth-order valence-corrected chi connectivity index (χ4v) is 3.75. The van der Waals surface area contributed by atoms with E-state index in [1.165, 1.54) is 0 Å². The second-order valence-electron chi connectivity index (χ2n) is 8.01. The number of amides is 1. The van der Waals surface area contributed by atoms with Crippen molar-refractivity contribution in [1.29, 1.82) is 0 Å². The van der Waals surface area contributed by atoms with E-state index in [0.717, 1.165) is 18.4 Å². The largest absolute Gasteiger partial charge is 0.493 e. The molecule has 8 heteroatoms. The first kappa shape index (κ1) is 25.1. The number of aryl methyl sites for hydroxylation is 1. The van der Waals surface area contributed by atoms with Crippen molar-refractivity contribution >= 4 is 5.91 Å². The van der Waals surface area contributed by atoms with E-state index in [1.807, 2.05) is 35.2 Å². The third-order valence-electron chi connectivity index (χ3n) is 5.87. The fraction of sp³-hybridized carbons (Fsp3) is 0.423. The zero-order valence-electron chi connectivity index (χ0n) is 20.5. The molecule has 0 N–H and O–H groups in total. The van der Waals surface area contributed by atoms with Crippen LogP contribution in [-0.2, 0) is 17.6 Å². The lowest BCUT2D eigenvalue weighted by Crippen LogP contribution is -2.40. The van der Waals surface area contributed by atoms with E-state index in [4.69, 9.17) is 18.7 Å². The SMILES string of the molecule is CC[C@H](C)N(CCc1nc(-c2cc(OC)c(OC)c(OC)c2)no1)C(=O)CCc1ccccc1. The van der Waals surface area contributed by atoms with Crippen LogP contribution < -0.4 is 14.2 Å². The standard InChI is InChI=1S/C26H33N3O5/c1-6-18(2)29(24(30)13-12-19-10-8-7-9-11-19)15-14-23-27-26(28-34-23)20-16-21(31-3)25(33-5)22(17-20)32-4/h7-11,16-18H,6,12-15H2,1-5H3/t18-/m0/s1. The van der Waals surface area contributed by atoms with Gasteiger partial charge in [-0.3, -0.25) is 4.79 Å². The van der Waals surface area contributed by atoms with Crippen LogP contribution in [0.4, 0.5) is 0 Å². The highest BCUT2D eigenvalue weighted by Gasteiger charge is 2.21. The second kappa shape index (κ2) is 12.1. The Balaban J connectivity index is 1.69. The lowest BCUT2D eigenvalue weighted by Gasteiger charge is -2.28. The van der Waals surface area contributed by atoms with E-state index in [1.54, 1.807) is 33.5 Å². The molecule has 1 atom stereocenters. The maximum absolute atomic E-state index is 13.0. The van der Waals surface area contributed by atoms with Crippen LogP contribution in [0.15, 0.2) is 47.0 Å². The quantitative estimate of drug-likeness (QED) is 0.386. The fourth-order valence-electron chi connectivity index (χ4n) is 3.75. The zero-order valence-corrected chi connectivity index (χ0v) is 20.5. The molecule has 0 aliphatic rings. The first-order chi connectivity index (χ1) is 16.5. The summed E-state index contributed by atoms with van der Waals surface area (Å²) in [7, 11) is 4.67. The van der Waals surface area contributed by atoms with E-state index < -0.39 is 0 Å². The number of rotatable bonds is 12. The molecule has 0 bridgehead atoms. The minimum absolute atomic E-state index is 0.126. The van der Waals surface area contributed by atoms with Crippen molar-refractivity contribution in [2.45, 2.75) is 45.6 Å². The van der Waals surface area contributed by atoms with Gasteiger partial charge in [-0.1, -0.05) is 42.4 Å². The molecular weight excluding hydrogens is 434 g/mol. The summed E-state index contributed by atoms with van der Waals surface area (Å²) in [5, 5.41) is 4.12. The Labute approximate surface area is 200 Å². The van der Waals surface area contributed by atoms with Gasteiger partial charge in [0.15, 0.2) is 11.5 Å². The number of benzene rings is 2. The third kappa shape index (κ3) is 6.07. The number of carbonyl (C=O) groups excluding carboxylic acids is 1. The summed E-state index contributed by atoms with van der Waals surface area (Å²) in [6.07, 6.45) is 2.53. The van der Waals surface area contributed by atoms with Crippen LogP contribution in [0.1, 0.15) is 38.1 Å². The number of methoxy groups -OCH3 is 3. The van der Waals surface area contributed by atoms with E-state index >= 15 is 0 Å². The van der Waals surface area contributed by atoms with Crippen LogP contribution in [0, 0.1) is 0 Å². The van der Waals surface area contributed by atoms with Crippen LogP contribution in [0.2, 0.25) is 0 Å². The Morgan fingerprint density at radius 2 is 1.71 bits per heavy atom. The van der Waals surface area contributed by atoms with Crippen molar-refractivity contribution in [2.24, 2.45) is 0 Å². The Hall–Kier alpha value is -3.55. The molecule has 1 heterocycles. The number of ether oxygens (including phenoxy) is 3. The molecule has 34 heavy (non-hydrogen) atoms. The van der Waals surface area contributed by atoms with Gasteiger partial charge in [0.1, 0.15) is 0 Å². The summed E-state index contributed by atoms with van der Waals surface area (Å²) < 4.78 is 21.7. The molecule has 8 nitrogen and oxygen atoms in total. The molecule has 0 saturated heterocycles. The van der Waals surface area contributed by atoms with E-state index in [-0.39, 0.29) is 11.9 Å². The van der Waals surface area contributed by atoms with Crippen molar-refractivity contribution in [1.82, 2.24) is 15.0 Å². The Morgan fingerprint density at radius 3 is 2.29 bits per heavy atom. The second-order valence-corrected chi connectivity index (χ2v) is 8.01. The summed E-state index contributed by atoms with van der Waals surface area (Å²) in [4.78, 5) is 19.4. The maximum Gasteiger partial charge on any atom is 0.228 e. The van der Waals surface area contributed by atoms with Gasteiger partial charge in [0, 0.05) is 31.0 Å². The highest BCUT2D eigenvalue weighted by molar-refractivity contribution is 5.76. The molecule has 1 amide bonds. The number of carbonyl (C=O) groups is 1. The molecule has 0 aliphatic heterocycles. The average molecular weight is 468 g/mol. The molecule has 0 spiro atoms. The third-order valence-corrected chi connectivity index (χ3v) is 5.87. The van der Waals surface area contributed by atoms with Gasteiger partial charge < -0.3 is 23.6 Å². The minimum Gasteiger partial charge on any atom is -0.493 e.